The summed E-state index contributed by atoms with van der Waals surface area (Å²) in [4.78, 5) is 15.6. The Morgan fingerprint density at radius 1 is 1.05 bits per heavy atom. The van der Waals surface area contributed by atoms with Crippen molar-refractivity contribution in [3.05, 3.63) is 59.9 Å². The van der Waals surface area contributed by atoms with E-state index >= 15 is 0 Å². The standard InChI is InChI=1S/C16H18N2O/c1-12(2)16(19)18-15-5-3-13(4-6-15)11-14-7-9-17-10-8-14/h3-10,12H,11H2,1-2H3,(H,18,19). The van der Waals surface area contributed by atoms with Gasteiger partial charge in [0.05, 0.1) is 0 Å². The van der Waals surface area contributed by atoms with Gasteiger partial charge in [-0.05, 0) is 41.8 Å². The maximum atomic E-state index is 11.6. The maximum Gasteiger partial charge on any atom is 0.226 e. The van der Waals surface area contributed by atoms with Crippen molar-refractivity contribution in [1.29, 1.82) is 0 Å². The molecule has 19 heavy (non-hydrogen) atoms. The molecule has 0 saturated carbocycles. The summed E-state index contributed by atoms with van der Waals surface area (Å²) in [5.41, 5.74) is 3.29. The van der Waals surface area contributed by atoms with Crippen molar-refractivity contribution in [2.24, 2.45) is 5.92 Å². The van der Waals surface area contributed by atoms with E-state index in [4.69, 9.17) is 0 Å². The molecule has 0 aliphatic heterocycles. The zero-order valence-electron chi connectivity index (χ0n) is 11.3. The second-order valence-corrected chi connectivity index (χ2v) is 4.87. The van der Waals surface area contributed by atoms with E-state index in [2.05, 4.69) is 10.3 Å². The zero-order chi connectivity index (χ0) is 13.7. The van der Waals surface area contributed by atoms with E-state index in [9.17, 15) is 4.79 Å². The minimum atomic E-state index is -0.00325. The van der Waals surface area contributed by atoms with E-state index in [1.807, 2.05) is 50.2 Å². The Morgan fingerprint density at radius 3 is 2.21 bits per heavy atom. The molecule has 0 fully saturated rings. The summed E-state index contributed by atoms with van der Waals surface area (Å²) in [5.74, 6) is 0.0402. The number of hydrogen-bond acceptors (Lipinski definition) is 2. The van der Waals surface area contributed by atoms with Crippen LogP contribution in [0.1, 0.15) is 25.0 Å². The third kappa shape index (κ3) is 3.91. The van der Waals surface area contributed by atoms with E-state index < -0.39 is 0 Å². The molecule has 2 aromatic rings. The van der Waals surface area contributed by atoms with Crippen LogP contribution in [0.3, 0.4) is 0 Å². The highest BCUT2D eigenvalue weighted by Gasteiger charge is 2.06. The van der Waals surface area contributed by atoms with Crippen LogP contribution in [-0.2, 0) is 11.2 Å². The summed E-state index contributed by atoms with van der Waals surface area (Å²) in [6, 6.07) is 12.0. The molecular formula is C16H18N2O. The smallest absolute Gasteiger partial charge is 0.226 e. The van der Waals surface area contributed by atoms with Gasteiger partial charge in [0, 0.05) is 24.0 Å². The second kappa shape index (κ2) is 6.14. The molecule has 3 nitrogen and oxygen atoms in total. The SMILES string of the molecule is CC(C)C(=O)Nc1ccc(Cc2ccncc2)cc1. The molecule has 2 rings (SSSR count). The van der Waals surface area contributed by atoms with Gasteiger partial charge in [-0.2, -0.15) is 0 Å². The van der Waals surface area contributed by atoms with Gasteiger partial charge in [-0.25, -0.2) is 0 Å². The highest BCUT2D eigenvalue weighted by atomic mass is 16.1. The lowest BCUT2D eigenvalue weighted by molar-refractivity contribution is -0.118. The van der Waals surface area contributed by atoms with Crippen LogP contribution in [-0.4, -0.2) is 10.9 Å². The summed E-state index contributed by atoms with van der Waals surface area (Å²) in [7, 11) is 0. The van der Waals surface area contributed by atoms with Crippen LogP contribution >= 0.6 is 0 Å². The maximum absolute atomic E-state index is 11.6. The predicted molar refractivity (Wildman–Crippen MR) is 77.0 cm³/mol. The Balaban J connectivity index is 2.01. The number of nitrogens with one attached hydrogen (secondary N) is 1. The number of aromatic nitrogens is 1. The number of nitrogens with zero attached hydrogens (tertiary/aromatic N) is 1. The molecule has 0 radical (unpaired) electrons. The van der Waals surface area contributed by atoms with Gasteiger partial charge in [0.2, 0.25) is 5.91 Å². The van der Waals surface area contributed by atoms with Gasteiger partial charge in [0.15, 0.2) is 0 Å². The summed E-state index contributed by atoms with van der Waals surface area (Å²) in [6.07, 6.45) is 4.47. The fourth-order valence-corrected chi connectivity index (χ4v) is 1.73. The van der Waals surface area contributed by atoms with Gasteiger partial charge in [-0.15, -0.1) is 0 Å². The second-order valence-electron chi connectivity index (χ2n) is 4.87. The minimum absolute atomic E-state index is 0.00325. The van der Waals surface area contributed by atoms with Crippen molar-refractivity contribution in [3.8, 4) is 0 Å². The quantitative estimate of drug-likeness (QED) is 0.909. The van der Waals surface area contributed by atoms with Crippen LogP contribution < -0.4 is 5.32 Å². The van der Waals surface area contributed by atoms with E-state index in [0.29, 0.717) is 0 Å². The summed E-state index contributed by atoms with van der Waals surface area (Å²) in [6.45, 7) is 3.76. The van der Waals surface area contributed by atoms with Gasteiger partial charge < -0.3 is 5.32 Å². The van der Waals surface area contributed by atoms with E-state index in [-0.39, 0.29) is 11.8 Å². The molecule has 0 saturated heterocycles. The van der Waals surface area contributed by atoms with Crippen molar-refractivity contribution in [2.75, 3.05) is 5.32 Å². The van der Waals surface area contributed by atoms with Crippen molar-refractivity contribution < 1.29 is 4.79 Å². The number of amides is 1. The summed E-state index contributed by atoms with van der Waals surface area (Å²) in [5, 5.41) is 2.88. The molecule has 1 amide bonds. The number of carbonyl (C=O) groups is 1. The molecule has 1 heterocycles. The van der Waals surface area contributed by atoms with E-state index in [1.54, 1.807) is 12.4 Å². The van der Waals surface area contributed by atoms with Gasteiger partial charge in [-0.1, -0.05) is 26.0 Å². The summed E-state index contributed by atoms with van der Waals surface area (Å²) < 4.78 is 0. The Hall–Kier alpha value is -2.16. The van der Waals surface area contributed by atoms with Crippen molar-refractivity contribution in [3.63, 3.8) is 0 Å². The first-order chi connectivity index (χ1) is 9.15. The Kier molecular flexibility index (Phi) is 4.29. The van der Waals surface area contributed by atoms with Crippen LogP contribution in [0.5, 0.6) is 0 Å². The topological polar surface area (TPSA) is 42.0 Å². The van der Waals surface area contributed by atoms with Gasteiger partial charge in [0.1, 0.15) is 0 Å². The Labute approximate surface area is 113 Å². The first-order valence-electron chi connectivity index (χ1n) is 6.44. The molecule has 0 unspecified atom stereocenters. The van der Waals surface area contributed by atoms with Gasteiger partial charge in [0.25, 0.3) is 0 Å². The first-order valence-corrected chi connectivity index (χ1v) is 6.44. The fourth-order valence-electron chi connectivity index (χ4n) is 1.73. The number of rotatable bonds is 4. The zero-order valence-corrected chi connectivity index (χ0v) is 11.3. The van der Waals surface area contributed by atoms with Crippen molar-refractivity contribution >= 4 is 11.6 Å². The molecule has 98 valence electrons. The van der Waals surface area contributed by atoms with Crippen LogP contribution in [0.4, 0.5) is 5.69 Å². The number of pyridine rings is 1. The molecular weight excluding hydrogens is 236 g/mol. The number of carbonyl (C=O) groups excluding carboxylic acids is 1. The number of hydrogen-bond donors (Lipinski definition) is 1. The van der Waals surface area contributed by atoms with Crippen molar-refractivity contribution in [2.45, 2.75) is 20.3 Å². The molecule has 0 aliphatic rings. The minimum Gasteiger partial charge on any atom is -0.326 e. The Morgan fingerprint density at radius 2 is 1.63 bits per heavy atom. The highest BCUT2D eigenvalue weighted by molar-refractivity contribution is 5.92. The summed E-state index contributed by atoms with van der Waals surface area (Å²) >= 11 is 0. The average molecular weight is 254 g/mol. The normalized spacial score (nSPS) is 10.5. The molecule has 1 N–H and O–H groups in total. The first kappa shape index (κ1) is 13.3. The van der Waals surface area contributed by atoms with E-state index in [0.717, 1.165) is 12.1 Å². The Bertz CT molecular complexity index is 532. The molecule has 3 heteroatoms. The van der Waals surface area contributed by atoms with Crippen molar-refractivity contribution in [1.82, 2.24) is 4.98 Å². The lowest BCUT2D eigenvalue weighted by atomic mass is 10.1. The third-order valence-corrected chi connectivity index (χ3v) is 2.90. The lowest BCUT2D eigenvalue weighted by Gasteiger charge is -2.08. The lowest BCUT2D eigenvalue weighted by Crippen LogP contribution is -2.17. The average Bonchev–Trinajstić information content (AvgIpc) is 2.42. The monoisotopic (exact) mass is 254 g/mol. The van der Waals surface area contributed by atoms with Gasteiger partial charge >= 0.3 is 0 Å². The largest absolute Gasteiger partial charge is 0.326 e. The molecule has 0 aliphatic carbocycles. The third-order valence-electron chi connectivity index (χ3n) is 2.90. The van der Waals surface area contributed by atoms with E-state index in [1.165, 1.54) is 11.1 Å². The number of anilines is 1. The molecule has 1 aromatic carbocycles. The fraction of sp³-hybridized carbons (Fsp3) is 0.250. The molecule has 0 bridgehead atoms. The van der Waals surface area contributed by atoms with Crippen LogP contribution in [0, 0.1) is 5.92 Å². The molecule has 0 atom stereocenters. The highest BCUT2D eigenvalue weighted by Crippen LogP contribution is 2.14. The van der Waals surface area contributed by atoms with Crippen LogP contribution in [0.2, 0.25) is 0 Å². The van der Waals surface area contributed by atoms with Gasteiger partial charge in [-0.3, -0.25) is 9.78 Å². The molecule has 0 spiro atoms. The molecule has 1 aromatic heterocycles. The van der Waals surface area contributed by atoms with Crippen LogP contribution in [0.15, 0.2) is 48.8 Å². The number of benzene rings is 1. The van der Waals surface area contributed by atoms with Crippen LogP contribution in [0.25, 0.3) is 0 Å². The predicted octanol–water partition coefficient (Wildman–Crippen LogP) is 3.27.